The number of ketones is 1. The van der Waals surface area contributed by atoms with Gasteiger partial charge in [0, 0.05) is 28.4 Å². The van der Waals surface area contributed by atoms with Crippen LogP contribution >= 0.6 is 0 Å². The first kappa shape index (κ1) is 18.1. The first-order valence-electron chi connectivity index (χ1n) is 8.19. The molecule has 0 fully saturated rings. The fourth-order valence-corrected chi connectivity index (χ4v) is 2.41. The van der Waals surface area contributed by atoms with Crippen LogP contribution in [-0.4, -0.2) is 22.8 Å². The molecule has 1 aromatic heterocycles. The summed E-state index contributed by atoms with van der Waals surface area (Å²) >= 11 is 0. The third kappa shape index (κ3) is 4.46. The number of amides is 2. The van der Waals surface area contributed by atoms with E-state index in [1.807, 2.05) is 0 Å². The van der Waals surface area contributed by atoms with Gasteiger partial charge in [0.05, 0.1) is 0 Å². The van der Waals surface area contributed by atoms with Crippen molar-refractivity contribution in [3.05, 3.63) is 77.0 Å². The van der Waals surface area contributed by atoms with Crippen LogP contribution in [0.1, 0.15) is 43.8 Å². The Morgan fingerprint density at radius 2 is 1.48 bits per heavy atom. The number of carbonyl (C=O) groups is 3. The lowest BCUT2D eigenvalue weighted by molar-refractivity contribution is 0.101. The summed E-state index contributed by atoms with van der Waals surface area (Å²) in [6.07, 6.45) is 0. The standard InChI is InChI=1S/C20H17N3O4/c1-12-10-18(23-27-12)22-20(26)16-5-3-4-15(11-16)19(25)21-17-8-6-14(7-9-17)13(2)24/h3-11H,1-2H3,(H,21,25)(H,22,23,26). The predicted molar refractivity (Wildman–Crippen MR) is 100 cm³/mol. The van der Waals surface area contributed by atoms with Crippen LogP contribution in [0.15, 0.2) is 59.1 Å². The Hall–Kier alpha value is -3.74. The summed E-state index contributed by atoms with van der Waals surface area (Å²) in [7, 11) is 0. The van der Waals surface area contributed by atoms with Crippen molar-refractivity contribution in [3.8, 4) is 0 Å². The topological polar surface area (TPSA) is 101 Å². The van der Waals surface area contributed by atoms with Gasteiger partial charge < -0.3 is 15.2 Å². The Kier molecular flexibility index (Phi) is 5.12. The lowest BCUT2D eigenvalue weighted by Crippen LogP contribution is -2.15. The van der Waals surface area contributed by atoms with Gasteiger partial charge in [-0.15, -0.1) is 0 Å². The molecule has 27 heavy (non-hydrogen) atoms. The molecule has 0 unspecified atom stereocenters. The molecule has 2 amide bonds. The third-order valence-electron chi connectivity index (χ3n) is 3.81. The lowest BCUT2D eigenvalue weighted by atomic mass is 10.1. The number of aryl methyl sites for hydroxylation is 1. The number of hydrogen-bond donors (Lipinski definition) is 2. The van der Waals surface area contributed by atoms with Crippen LogP contribution in [0.2, 0.25) is 0 Å². The Morgan fingerprint density at radius 3 is 2.04 bits per heavy atom. The maximum Gasteiger partial charge on any atom is 0.256 e. The van der Waals surface area contributed by atoms with Crippen LogP contribution in [0.3, 0.4) is 0 Å². The maximum absolute atomic E-state index is 12.4. The Bertz CT molecular complexity index is 1010. The minimum absolute atomic E-state index is 0.0473. The molecule has 0 aliphatic carbocycles. The van der Waals surface area contributed by atoms with Gasteiger partial charge in [0.15, 0.2) is 11.6 Å². The molecule has 0 spiro atoms. The summed E-state index contributed by atoms with van der Waals surface area (Å²) in [6.45, 7) is 3.20. The quantitative estimate of drug-likeness (QED) is 0.673. The largest absolute Gasteiger partial charge is 0.360 e. The van der Waals surface area contributed by atoms with E-state index in [4.69, 9.17) is 4.52 Å². The van der Waals surface area contributed by atoms with Crippen molar-refractivity contribution >= 4 is 29.1 Å². The molecule has 3 aromatic rings. The SMILES string of the molecule is CC(=O)c1ccc(NC(=O)c2cccc(C(=O)Nc3cc(C)on3)c2)cc1. The molecule has 0 aliphatic rings. The van der Waals surface area contributed by atoms with Crippen LogP contribution in [0.4, 0.5) is 11.5 Å². The Morgan fingerprint density at radius 1 is 0.852 bits per heavy atom. The van der Waals surface area contributed by atoms with Gasteiger partial charge >= 0.3 is 0 Å². The van der Waals surface area contributed by atoms with Crippen LogP contribution in [-0.2, 0) is 0 Å². The number of rotatable bonds is 5. The fourth-order valence-electron chi connectivity index (χ4n) is 2.41. The molecule has 2 N–H and O–H groups in total. The number of benzene rings is 2. The van der Waals surface area contributed by atoms with Crippen LogP contribution in [0.25, 0.3) is 0 Å². The van der Waals surface area contributed by atoms with Gasteiger partial charge in [0.1, 0.15) is 5.76 Å². The second kappa shape index (κ2) is 7.65. The zero-order valence-corrected chi connectivity index (χ0v) is 14.8. The average molecular weight is 363 g/mol. The highest BCUT2D eigenvalue weighted by atomic mass is 16.5. The molecular formula is C20H17N3O4. The van der Waals surface area contributed by atoms with Gasteiger partial charge in [0.2, 0.25) is 0 Å². The Balaban J connectivity index is 1.71. The number of carbonyl (C=O) groups excluding carboxylic acids is 3. The number of aromatic nitrogens is 1. The molecular weight excluding hydrogens is 346 g/mol. The van der Waals surface area contributed by atoms with Gasteiger partial charge in [-0.05, 0) is 56.3 Å². The predicted octanol–water partition coefficient (Wildman–Crippen LogP) is 3.69. The molecule has 0 bridgehead atoms. The molecule has 7 heteroatoms. The van der Waals surface area contributed by atoms with Gasteiger partial charge in [-0.25, -0.2) is 0 Å². The van der Waals surface area contributed by atoms with E-state index in [9.17, 15) is 14.4 Å². The van der Waals surface area contributed by atoms with Gasteiger partial charge in [-0.3, -0.25) is 14.4 Å². The molecule has 2 aromatic carbocycles. The van der Waals surface area contributed by atoms with Crippen LogP contribution in [0.5, 0.6) is 0 Å². The van der Waals surface area contributed by atoms with E-state index in [2.05, 4.69) is 15.8 Å². The minimum Gasteiger partial charge on any atom is -0.360 e. The number of Topliss-reactive ketones (excluding diaryl/α,β-unsaturated/α-hetero) is 1. The number of nitrogens with one attached hydrogen (secondary N) is 2. The van der Waals surface area contributed by atoms with Crippen molar-refractivity contribution in [1.82, 2.24) is 5.16 Å². The fraction of sp³-hybridized carbons (Fsp3) is 0.100. The number of nitrogens with zero attached hydrogens (tertiary/aromatic N) is 1. The number of anilines is 2. The van der Waals surface area contributed by atoms with E-state index in [0.717, 1.165) is 0 Å². The lowest BCUT2D eigenvalue weighted by Gasteiger charge is -2.07. The van der Waals surface area contributed by atoms with Crippen LogP contribution in [0, 0.1) is 6.92 Å². The van der Waals surface area contributed by atoms with E-state index in [1.165, 1.54) is 13.0 Å². The van der Waals surface area contributed by atoms with Crippen molar-refractivity contribution in [1.29, 1.82) is 0 Å². The normalized spacial score (nSPS) is 10.3. The zero-order chi connectivity index (χ0) is 19.4. The van der Waals surface area contributed by atoms with Crippen molar-refractivity contribution in [2.45, 2.75) is 13.8 Å². The van der Waals surface area contributed by atoms with E-state index in [-0.39, 0.29) is 11.7 Å². The molecule has 0 saturated carbocycles. The molecule has 3 rings (SSSR count). The van der Waals surface area contributed by atoms with Crippen molar-refractivity contribution in [2.75, 3.05) is 10.6 Å². The average Bonchev–Trinajstić information content (AvgIpc) is 3.07. The summed E-state index contributed by atoms with van der Waals surface area (Å²) in [5, 5.41) is 9.04. The summed E-state index contributed by atoms with van der Waals surface area (Å²) in [5.41, 5.74) is 1.76. The summed E-state index contributed by atoms with van der Waals surface area (Å²) in [5.74, 6) is 0.0716. The van der Waals surface area contributed by atoms with Gasteiger partial charge in [-0.1, -0.05) is 11.2 Å². The molecule has 7 nitrogen and oxygen atoms in total. The highest BCUT2D eigenvalue weighted by Crippen LogP contribution is 2.14. The van der Waals surface area contributed by atoms with Crippen LogP contribution < -0.4 is 10.6 Å². The second-order valence-corrected chi connectivity index (χ2v) is 5.95. The zero-order valence-electron chi connectivity index (χ0n) is 14.8. The first-order chi connectivity index (χ1) is 12.9. The van der Waals surface area contributed by atoms with Crippen molar-refractivity contribution in [3.63, 3.8) is 0 Å². The smallest absolute Gasteiger partial charge is 0.256 e. The third-order valence-corrected chi connectivity index (χ3v) is 3.81. The molecule has 0 radical (unpaired) electrons. The van der Waals surface area contributed by atoms with E-state index in [0.29, 0.717) is 34.0 Å². The molecule has 136 valence electrons. The highest BCUT2D eigenvalue weighted by Gasteiger charge is 2.13. The second-order valence-electron chi connectivity index (χ2n) is 5.95. The monoisotopic (exact) mass is 363 g/mol. The van der Waals surface area contributed by atoms with E-state index in [1.54, 1.807) is 55.5 Å². The van der Waals surface area contributed by atoms with Gasteiger partial charge in [-0.2, -0.15) is 0 Å². The Labute approximate surface area is 155 Å². The molecule has 1 heterocycles. The molecule has 0 atom stereocenters. The highest BCUT2D eigenvalue weighted by molar-refractivity contribution is 6.08. The first-order valence-corrected chi connectivity index (χ1v) is 8.19. The van der Waals surface area contributed by atoms with Crippen molar-refractivity contribution < 1.29 is 18.9 Å². The van der Waals surface area contributed by atoms with Gasteiger partial charge in [0.25, 0.3) is 11.8 Å². The minimum atomic E-state index is -0.399. The summed E-state index contributed by atoms with van der Waals surface area (Å²) in [6, 6.07) is 14.5. The molecule has 0 aliphatic heterocycles. The van der Waals surface area contributed by atoms with E-state index < -0.39 is 5.91 Å². The maximum atomic E-state index is 12.4. The summed E-state index contributed by atoms with van der Waals surface area (Å²) < 4.78 is 4.90. The van der Waals surface area contributed by atoms with Crippen molar-refractivity contribution in [2.24, 2.45) is 0 Å². The van der Waals surface area contributed by atoms with E-state index >= 15 is 0 Å². The molecule has 0 saturated heterocycles. The summed E-state index contributed by atoms with van der Waals surface area (Å²) in [4.78, 5) is 36.0. The number of hydrogen-bond acceptors (Lipinski definition) is 5.